The second kappa shape index (κ2) is 22.7. The second-order valence-corrected chi connectivity index (χ2v) is 11.6. The van der Waals surface area contributed by atoms with E-state index in [2.05, 4.69) is 26.3 Å². The summed E-state index contributed by atoms with van der Waals surface area (Å²) >= 11 is 0. The van der Waals surface area contributed by atoms with Crippen LogP contribution in [-0.4, -0.2) is 126 Å². The molecule has 2 aromatic rings. The third-order valence-corrected chi connectivity index (χ3v) is 7.70. The molecule has 1 aliphatic heterocycles. The van der Waals surface area contributed by atoms with Gasteiger partial charge in [0.2, 0.25) is 11.8 Å². The van der Waals surface area contributed by atoms with Crippen LogP contribution >= 0.6 is 0 Å². The molecule has 1 aromatic carbocycles. The average molecular weight is 673 g/mol. The molecule has 0 aliphatic carbocycles. The number of ether oxygens (including phenoxy) is 4. The van der Waals surface area contributed by atoms with Gasteiger partial charge in [-0.15, -0.1) is 0 Å². The number of unbranched alkanes of at least 4 members (excludes halogenated alkanes) is 1. The predicted molar refractivity (Wildman–Crippen MR) is 181 cm³/mol. The predicted octanol–water partition coefficient (Wildman–Crippen LogP) is 1.42. The van der Waals surface area contributed by atoms with Gasteiger partial charge in [0.25, 0.3) is 11.8 Å². The van der Waals surface area contributed by atoms with Crippen LogP contribution in [0.1, 0.15) is 55.8 Å². The molecule has 1 saturated heterocycles. The first kappa shape index (κ1) is 38.6. The minimum absolute atomic E-state index is 0.00415. The number of hydrogen-bond donors (Lipinski definition) is 4. The maximum atomic E-state index is 12.8. The summed E-state index contributed by atoms with van der Waals surface area (Å²) in [6, 6.07) is 6.82. The molecule has 266 valence electrons. The SMILES string of the molecule is CNCCCC[C@@H](C)NC(=O)CCOCCOCCOCCNC(=O)COc1ccc2c(C(=O)NCC(=O)N3CCCC3)ccnc2c1. The number of nitrogens with one attached hydrogen (secondary N) is 4. The Morgan fingerprint density at radius 1 is 0.875 bits per heavy atom. The molecule has 14 nitrogen and oxygen atoms in total. The fraction of sp³-hybridized carbons (Fsp3) is 0.618. The molecule has 0 unspecified atom stereocenters. The summed E-state index contributed by atoms with van der Waals surface area (Å²) in [6.07, 6.45) is 6.97. The van der Waals surface area contributed by atoms with Crippen molar-refractivity contribution in [2.24, 2.45) is 0 Å². The van der Waals surface area contributed by atoms with Gasteiger partial charge < -0.3 is 45.1 Å². The molecule has 0 saturated carbocycles. The number of fused-ring (bicyclic) bond motifs is 1. The number of pyridine rings is 1. The number of carbonyl (C=O) groups is 4. The molecule has 2 heterocycles. The third-order valence-electron chi connectivity index (χ3n) is 7.70. The van der Waals surface area contributed by atoms with Crippen LogP contribution < -0.4 is 26.0 Å². The summed E-state index contributed by atoms with van der Waals surface area (Å²) in [7, 11) is 1.94. The lowest BCUT2D eigenvalue weighted by Crippen LogP contribution is -2.38. The van der Waals surface area contributed by atoms with E-state index in [1.54, 1.807) is 29.2 Å². The molecule has 1 fully saturated rings. The summed E-state index contributed by atoms with van der Waals surface area (Å²) in [5, 5.41) is 12.2. The highest BCUT2D eigenvalue weighted by molar-refractivity contribution is 6.07. The van der Waals surface area contributed by atoms with Crippen LogP contribution in [0.5, 0.6) is 5.75 Å². The van der Waals surface area contributed by atoms with Crippen LogP contribution in [0.4, 0.5) is 0 Å². The fourth-order valence-electron chi connectivity index (χ4n) is 5.09. The Morgan fingerprint density at radius 3 is 2.35 bits per heavy atom. The highest BCUT2D eigenvalue weighted by atomic mass is 16.5. The summed E-state index contributed by atoms with van der Waals surface area (Å²) in [4.78, 5) is 55.3. The van der Waals surface area contributed by atoms with Crippen LogP contribution in [0.15, 0.2) is 30.5 Å². The summed E-state index contributed by atoms with van der Waals surface area (Å²) in [5.74, 6) is -0.305. The van der Waals surface area contributed by atoms with Gasteiger partial charge in [0, 0.05) is 49.7 Å². The Bertz CT molecular complexity index is 1290. The van der Waals surface area contributed by atoms with Gasteiger partial charge in [0.1, 0.15) is 5.75 Å². The molecule has 4 N–H and O–H groups in total. The number of hydrogen-bond acceptors (Lipinski definition) is 10. The summed E-state index contributed by atoms with van der Waals surface area (Å²) in [6.45, 7) is 6.80. The minimum atomic E-state index is -0.351. The van der Waals surface area contributed by atoms with Gasteiger partial charge >= 0.3 is 0 Å². The molecule has 48 heavy (non-hydrogen) atoms. The monoisotopic (exact) mass is 672 g/mol. The van der Waals surface area contributed by atoms with Crippen LogP contribution in [-0.2, 0) is 28.6 Å². The molecule has 0 bridgehead atoms. The largest absolute Gasteiger partial charge is 0.484 e. The Labute approximate surface area is 283 Å². The number of benzene rings is 1. The first-order valence-electron chi connectivity index (χ1n) is 16.9. The Balaban J connectivity index is 1.18. The quantitative estimate of drug-likeness (QED) is 0.120. The smallest absolute Gasteiger partial charge is 0.258 e. The van der Waals surface area contributed by atoms with Crippen molar-refractivity contribution in [2.75, 3.05) is 86.0 Å². The van der Waals surface area contributed by atoms with Gasteiger partial charge in [0.05, 0.1) is 57.3 Å². The standard InChI is InChI=1S/C34H52N6O8/c1-26(7-3-4-12-35-2)39-31(41)11-17-45-19-21-47-22-20-46-18-14-37-32(42)25-48-27-8-9-28-29(10-13-36-30(28)23-27)34(44)38-24-33(43)40-15-5-6-16-40/h8-10,13,23,26,35H,3-7,11-12,14-22,24-25H2,1-2H3,(H,37,42)(H,38,44)(H,39,41)/t26-/m1/s1. The van der Waals surface area contributed by atoms with Crippen molar-refractivity contribution in [3.8, 4) is 5.75 Å². The lowest BCUT2D eigenvalue weighted by Gasteiger charge is -2.15. The lowest BCUT2D eigenvalue weighted by molar-refractivity contribution is -0.129. The van der Waals surface area contributed by atoms with Gasteiger partial charge in [-0.2, -0.15) is 0 Å². The lowest BCUT2D eigenvalue weighted by atomic mass is 10.1. The minimum Gasteiger partial charge on any atom is -0.484 e. The number of nitrogens with zero attached hydrogens (tertiary/aromatic N) is 2. The first-order valence-corrected chi connectivity index (χ1v) is 16.9. The zero-order chi connectivity index (χ0) is 34.4. The molecular formula is C34H52N6O8. The normalized spacial score (nSPS) is 13.3. The van der Waals surface area contributed by atoms with Gasteiger partial charge in [-0.25, -0.2) is 0 Å². The van der Waals surface area contributed by atoms with Crippen LogP contribution in [0.25, 0.3) is 10.9 Å². The van der Waals surface area contributed by atoms with Gasteiger partial charge in [-0.1, -0.05) is 6.42 Å². The molecule has 1 aromatic heterocycles. The van der Waals surface area contributed by atoms with Crippen molar-refractivity contribution in [3.05, 3.63) is 36.0 Å². The van der Waals surface area contributed by atoms with Gasteiger partial charge in [0.15, 0.2) is 6.61 Å². The third kappa shape index (κ3) is 14.9. The topological polar surface area (TPSA) is 169 Å². The van der Waals surface area contributed by atoms with Crippen molar-refractivity contribution >= 4 is 34.5 Å². The van der Waals surface area contributed by atoms with Crippen molar-refractivity contribution in [1.29, 1.82) is 0 Å². The number of amides is 4. The maximum absolute atomic E-state index is 12.8. The van der Waals surface area contributed by atoms with E-state index in [1.807, 2.05) is 14.0 Å². The van der Waals surface area contributed by atoms with E-state index in [0.717, 1.165) is 51.7 Å². The van der Waals surface area contributed by atoms with E-state index >= 15 is 0 Å². The Hall–Kier alpha value is -3.85. The number of aromatic nitrogens is 1. The highest BCUT2D eigenvalue weighted by Gasteiger charge is 2.19. The Morgan fingerprint density at radius 2 is 1.60 bits per heavy atom. The van der Waals surface area contributed by atoms with Gasteiger partial charge in [-0.3, -0.25) is 24.2 Å². The molecule has 3 rings (SSSR count). The Kier molecular flexibility index (Phi) is 18.2. The average Bonchev–Trinajstić information content (AvgIpc) is 3.63. The highest BCUT2D eigenvalue weighted by Crippen LogP contribution is 2.22. The van der Waals surface area contributed by atoms with E-state index in [9.17, 15) is 19.2 Å². The zero-order valence-electron chi connectivity index (χ0n) is 28.4. The van der Waals surface area contributed by atoms with Crippen LogP contribution in [0.2, 0.25) is 0 Å². The molecule has 1 aliphatic rings. The summed E-state index contributed by atoms with van der Waals surface area (Å²) < 4.78 is 22.0. The zero-order valence-corrected chi connectivity index (χ0v) is 28.4. The second-order valence-electron chi connectivity index (χ2n) is 11.6. The van der Waals surface area contributed by atoms with E-state index in [-0.39, 0.29) is 42.8 Å². The molecule has 0 radical (unpaired) electrons. The molecule has 0 spiro atoms. The van der Waals surface area contributed by atoms with E-state index in [0.29, 0.717) is 74.8 Å². The molecule has 4 amide bonds. The van der Waals surface area contributed by atoms with Gasteiger partial charge in [-0.05, 0) is 64.4 Å². The summed E-state index contributed by atoms with van der Waals surface area (Å²) in [5.41, 5.74) is 0.943. The van der Waals surface area contributed by atoms with Crippen LogP contribution in [0.3, 0.4) is 0 Å². The number of likely N-dealkylation sites (tertiary alicyclic amines) is 1. The number of carbonyl (C=O) groups excluding carboxylic acids is 4. The van der Waals surface area contributed by atoms with Crippen molar-refractivity contribution in [3.63, 3.8) is 0 Å². The van der Waals surface area contributed by atoms with E-state index in [4.69, 9.17) is 18.9 Å². The van der Waals surface area contributed by atoms with Crippen molar-refractivity contribution < 1.29 is 38.1 Å². The van der Waals surface area contributed by atoms with E-state index < -0.39 is 0 Å². The maximum Gasteiger partial charge on any atom is 0.258 e. The molecule has 14 heteroatoms. The van der Waals surface area contributed by atoms with Crippen LogP contribution in [0, 0.1) is 0 Å². The first-order chi connectivity index (χ1) is 23.4. The van der Waals surface area contributed by atoms with E-state index in [1.165, 1.54) is 6.20 Å². The number of rotatable bonds is 24. The van der Waals surface area contributed by atoms with Crippen molar-refractivity contribution in [2.45, 2.75) is 51.5 Å². The van der Waals surface area contributed by atoms with Crippen molar-refractivity contribution in [1.82, 2.24) is 31.2 Å². The fourth-order valence-corrected chi connectivity index (χ4v) is 5.09. The molecular weight excluding hydrogens is 620 g/mol. The molecule has 1 atom stereocenters.